The summed E-state index contributed by atoms with van der Waals surface area (Å²) in [5, 5.41) is 4.00. The minimum absolute atomic E-state index is 0.0564. The zero-order valence-corrected chi connectivity index (χ0v) is 18.5. The summed E-state index contributed by atoms with van der Waals surface area (Å²) in [4.78, 5) is 12.2. The lowest BCUT2D eigenvalue weighted by atomic mass is 10.2. The first kappa shape index (κ1) is 22.3. The van der Waals surface area contributed by atoms with E-state index < -0.39 is 0 Å². The van der Waals surface area contributed by atoms with Crippen molar-refractivity contribution in [1.82, 2.24) is 5.43 Å². The van der Waals surface area contributed by atoms with Gasteiger partial charge in [-0.25, -0.2) is 9.82 Å². The maximum absolute atomic E-state index is 13.8. The third-order valence-electron chi connectivity index (χ3n) is 4.35. The zero-order valence-electron chi connectivity index (χ0n) is 16.9. The van der Waals surface area contributed by atoms with Crippen LogP contribution in [0.25, 0.3) is 0 Å². The number of rotatable bonds is 8. The van der Waals surface area contributed by atoms with Crippen molar-refractivity contribution >= 4 is 28.1 Å². The van der Waals surface area contributed by atoms with Crippen molar-refractivity contribution in [2.45, 2.75) is 6.61 Å². The summed E-state index contributed by atoms with van der Waals surface area (Å²) in [5.41, 5.74) is 4.02. The number of methoxy groups -OCH3 is 2. The Bertz CT molecular complexity index is 1090. The normalized spacial score (nSPS) is 10.7. The molecule has 1 N–H and O–H groups in total. The van der Waals surface area contributed by atoms with Gasteiger partial charge in [-0.2, -0.15) is 5.10 Å². The van der Waals surface area contributed by atoms with E-state index in [1.165, 1.54) is 19.4 Å². The highest BCUT2D eigenvalue weighted by Gasteiger charge is 2.11. The molecule has 3 aromatic carbocycles. The van der Waals surface area contributed by atoms with Gasteiger partial charge in [0.2, 0.25) is 0 Å². The van der Waals surface area contributed by atoms with Crippen molar-refractivity contribution in [3.05, 3.63) is 87.6 Å². The summed E-state index contributed by atoms with van der Waals surface area (Å²) < 4.78 is 30.7. The summed E-state index contributed by atoms with van der Waals surface area (Å²) in [5.74, 6) is 0.858. The average Bonchev–Trinajstić information content (AvgIpc) is 2.79. The number of halogens is 2. The van der Waals surface area contributed by atoms with Gasteiger partial charge >= 0.3 is 0 Å². The van der Waals surface area contributed by atoms with Crippen molar-refractivity contribution < 1.29 is 23.4 Å². The van der Waals surface area contributed by atoms with Crippen molar-refractivity contribution in [2.24, 2.45) is 5.10 Å². The van der Waals surface area contributed by atoms with Gasteiger partial charge in [-0.15, -0.1) is 0 Å². The van der Waals surface area contributed by atoms with E-state index in [0.717, 1.165) is 0 Å². The number of amides is 1. The van der Waals surface area contributed by atoms with Gasteiger partial charge < -0.3 is 14.2 Å². The van der Waals surface area contributed by atoms with Crippen LogP contribution in [-0.4, -0.2) is 26.3 Å². The lowest BCUT2D eigenvalue weighted by Crippen LogP contribution is -2.17. The molecule has 1 amide bonds. The number of benzene rings is 3. The predicted octanol–water partition coefficient (Wildman–Crippen LogP) is 4.95. The van der Waals surface area contributed by atoms with Crippen LogP contribution in [0.5, 0.6) is 17.2 Å². The van der Waals surface area contributed by atoms with Gasteiger partial charge in [0.25, 0.3) is 5.91 Å². The van der Waals surface area contributed by atoms with Crippen molar-refractivity contribution in [3.63, 3.8) is 0 Å². The van der Waals surface area contributed by atoms with Crippen LogP contribution in [0.15, 0.2) is 70.2 Å². The molecule has 0 bridgehead atoms. The molecule has 0 aliphatic heterocycles. The Morgan fingerprint density at radius 1 is 1.06 bits per heavy atom. The highest BCUT2D eigenvalue weighted by molar-refractivity contribution is 9.10. The van der Waals surface area contributed by atoms with E-state index in [0.29, 0.717) is 38.4 Å². The molecule has 0 aromatic heterocycles. The topological polar surface area (TPSA) is 69.2 Å². The third-order valence-corrected chi connectivity index (χ3v) is 5.03. The molecule has 0 spiro atoms. The van der Waals surface area contributed by atoms with Crippen molar-refractivity contribution in [3.8, 4) is 17.2 Å². The Labute approximate surface area is 187 Å². The van der Waals surface area contributed by atoms with E-state index in [2.05, 4.69) is 26.5 Å². The van der Waals surface area contributed by atoms with Crippen molar-refractivity contribution in [1.29, 1.82) is 0 Å². The van der Waals surface area contributed by atoms with E-state index in [4.69, 9.17) is 14.2 Å². The van der Waals surface area contributed by atoms with Crippen LogP contribution in [0, 0.1) is 5.82 Å². The molecule has 0 atom stereocenters. The van der Waals surface area contributed by atoms with Crippen LogP contribution in [0.2, 0.25) is 0 Å². The third kappa shape index (κ3) is 5.82. The maximum atomic E-state index is 13.8. The maximum Gasteiger partial charge on any atom is 0.271 e. The number of nitrogens with one attached hydrogen (secondary N) is 1. The van der Waals surface area contributed by atoms with Crippen LogP contribution in [0.3, 0.4) is 0 Å². The van der Waals surface area contributed by atoms with Crippen molar-refractivity contribution in [2.75, 3.05) is 14.2 Å². The number of hydrogen-bond donors (Lipinski definition) is 1. The number of nitrogens with zero attached hydrogens (tertiary/aromatic N) is 1. The minimum Gasteiger partial charge on any atom is -0.497 e. The van der Waals surface area contributed by atoms with E-state index in [-0.39, 0.29) is 18.3 Å². The van der Waals surface area contributed by atoms with Crippen LogP contribution in [-0.2, 0) is 6.61 Å². The molecule has 0 aliphatic carbocycles. The molecule has 160 valence electrons. The van der Waals surface area contributed by atoms with E-state index in [1.807, 2.05) is 0 Å². The summed E-state index contributed by atoms with van der Waals surface area (Å²) in [6.45, 7) is 0.0564. The fourth-order valence-corrected chi connectivity index (χ4v) is 3.09. The standard InChI is InChI=1S/C23H20BrFN2O4/c1-29-18-9-7-15(8-10-18)23(28)27-26-13-17-11-21(30-2)22(12-19(17)24)31-14-16-5-3-4-6-20(16)25/h3-13H,14H2,1-2H3,(H,27,28)/b26-13+. The molecule has 0 aliphatic rings. The quantitative estimate of drug-likeness (QED) is 0.361. The van der Waals surface area contributed by atoms with Gasteiger partial charge in [-0.1, -0.05) is 18.2 Å². The molecule has 0 radical (unpaired) electrons. The van der Waals surface area contributed by atoms with E-state index in [9.17, 15) is 9.18 Å². The summed E-state index contributed by atoms with van der Waals surface area (Å²) in [7, 11) is 3.06. The first-order chi connectivity index (χ1) is 15.0. The fraction of sp³-hybridized carbons (Fsp3) is 0.130. The van der Waals surface area contributed by atoms with Crippen LogP contribution in [0.1, 0.15) is 21.5 Å². The second-order valence-electron chi connectivity index (χ2n) is 6.33. The zero-order chi connectivity index (χ0) is 22.2. The fourth-order valence-electron chi connectivity index (χ4n) is 2.66. The molecular weight excluding hydrogens is 467 g/mol. The van der Waals surface area contributed by atoms with Gasteiger partial charge in [0.1, 0.15) is 18.2 Å². The summed E-state index contributed by atoms with van der Waals surface area (Å²) in [6, 6.07) is 16.5. The molecule has 31 heavy (non-hydrogen) atoms. The average molecular weight is 487 g/mol. The Balaban J connectivity index is 1.68. The Morgan fingerprint density at radius 3 is 2.48 bits per heavy atom. The number of ether oxygens (including phenoxy) is 3. The van der Waals surface area contributed by atoms with Gasteiger partial charge in [0, 0.05) is 21.2 Å². The number of hydrogen-bond acceptors (Lipinski definition) is 5. The number of carbonyl (C=O) groups excluding carboxylic acids is 1. The van der Waals surface area contributed by atoms with Crippen LogP contribution >= 0.6 is 15.9 Å². The molecule has 8 heteroatoms. The highest BCUT2D eigenvalue weighted by Crippen LogP contribution is 2.33. The number of hydrazone groups is 1. The molecule has 0 fully saturated rings. The van der Waals surface area contributed by atoms with Crippen LogP contribution in [0.4, 0.5) is 4.39 Å². The Morgan fingerprint density at radius 2 is 1.81 bits per heavy atom. The highest BCUT2D eigenvalue weighted by atomic mass is 79.9. The first-order valence-electron chi connectivity index (χ1n) is 9.23. The largest absolute Gasteiger partial charge is 0.497 e. The SMILES string of the molecule is COc1ccc(C(=O)N/N=C/c2cc(OC)c(OCc3ccccc3F)cc2Br)cc1. The second kappa shape index (κ2) is 10.6. The number of carbonyl (C=O) groups is 1. The Hall–Kier alpha value is -3.39. The van der Waals surface area contributed by atoms with Gasteiger partial charge in [-0.05, 0) is 58.4 Å². The minimum atomic E-state index is -0.355. The molecule has 0 saturated heterocycles. The van der Waals surface area contributed by atoms with Gasteiger partial charge in [0.05, 0.1) is 20.4 Å². The first-order valence-corrected chi connectivity index (χ1v) is 10.0. The Kier molecular flexibility index (Phi) is 7.61. The molecular formula is C23H20BrFN2O4. The second-order valence-corrected chi connectivity index (χ2v) is 7.19. The summed E-state index contributed by atoms with van der Waals surface area (Å²) in [6.07, 6.45) is 1.48. The lowest BCUT2D eigenvalue weighted by Gasteiger charge is -2.13. The molecule has 0 heterocycles. The smallest absolute Gasteiger partial charge is 0.271 e. The van der Waals surface area contributed by atoms with E-state index in [1.54, 1.807) is 61.7 Å². The molecule has 3 aromatic rings. The molecule has 6 nitrogen and oxygen atoms in total. The van der Waals surface area contributed by atoms with Gasteiger partial charge in [0.15, 0.2) is 11.5 Å². The molecule has 0 saturated carbocycles. The lowest BCUT2D eigenvalue weighted by molar-refractivity contribution is 0.0955. The van der Waals surface area contributed by atoms with Crippen LogP contribution < -0.4 is 19.6 Å². The summed E-state index contributed by atoms with van der Waals surface area (Å²) >= 11 is 3.45. The molecule has 3 rings (SSSR count). The molecule has 0 unspecified atom stereocenters. The van der Waals surface area contributed by atoms with E-state index >= 15 is 0 Å². The van der Waals surface area contributed by atoms with Gasteiger partial charge in [-0.3, -0.25) is 4.79 Å². The monoisotopic (exact) mass is 486 g/mol. The predicted molar refractivity (Wildman–Crippen MR) is 119 cm³/mol.